The van der Waals surface area contributed by atoms with Crippen LogP contribution in [0.4, 0.5) is 0 Å². The van der Waals surface area contributed by atoms with E-state index in [1.807, 2.05) is 4.90 Å². The van der Waals surface area contributed by atoms with Crippen molar-refractivity contribution in [2.24, 2.45) is 5.92 Å². The summed E-state index contributed by atoms with van der Waals surface area (Å²) < 4.78 is 22.8. The Morgan fingerprint density at radius 2 is 1.50 bits per heavy atom. The molecule has 2 atom stereocenters. The minimum Gasteiger partial charge on any atom is -0.367 e. The van der Waals surface area contributed by atoms with Crippen molar-refractivity contribution in [3.05, 3.63) is 0 Å². The highest BCUT2D eigenvalue weighted by Crippen LogP contribution is 2.69. The molecule has 2 aliphatic rings. The number of piperidine rings is 1. The van der Waals surface area contributed by atoms with Crippen molar-refractivity contribution in [3.63, 3.8) is 0 Å². The van der Waals surface area contributed by atoms with Gasteiger partial charge in [-0.3, -0.25) is 14.0 Å². The fourth-order valence-electron chi connectivity index (χ4n) is 3.76. The normalized spacial score (nSPS) is 28.4. The molecule has 0 amide bonds. The largest absolute Gasteiger partial charge is 0.369 e. The van der Waals surface area contributed by atoms with Crippen LogP contribution in [0.1, 0.15) is 44.9 Å². The van der Waals surface area contributed by atoms with Gasteiger partial charge in [0.2, 0.25) is 0 Å². The summed E-state index contributed by atoms with van der Waals surface area (Å²) in [7, 11) is -10.7. The molecule has 1 saturated carbocycles. The van der Waals surface area contributed by atoms with E-state index in [0.29, 0.717) is 12.0 Å². The summed E-state index contributed by atoms with van der Waals surface area (Å²) in [4.78, 5) is 38.8. The number of hydrogen-bond donors (Lipinski definition) is 5. The summed E-state index contributed by atoms with van der Waals surface area (Å²) in [6, 6.07) is 0.292. The molecular weight excluding hydrogens is 332 g/mol. The zero-order chi connectivity index (χ0) is 16.6. The first kappa shape index (κ1) is 18.6. The molecule has 8 nitrogen and oxygen atoms in total. The third-order valence-electron chi connectivity index (χ3n) is 5.03. The molecule has 1 aliphatic heterocycles. The molecule has 2 rings (SSSR count). The average molecular weight is 357 g/mol. The van der Waals surface area contributed by atoms with Gasteiger partial charge in [-0.15, -0.1) is 0 Å². The van der Waals surface area contributed by atoms with Gasteiger partial charge in [0.25, 0.3) is 5.08 Å². The monoisotopic (exact) mass is 357 g/mol. The summed E-state index contributed by atoms with van der Waals surface area (Å²) in [5.41, 5.74) is 0. The summed E-state index contributed by atoms with van der Waals surface area (Å²) in [5.74, 6) is 0.542. The number of nitrogens with zero attached hydrogens (tertiary/aromatic N) is 1. The van der Waals surface area contributed by atoms with Gasteiger partial charge >= 0.3 is 15.2 Å². The summed E-state index contributed by atoms with van der Waals surface area (Å²) in [6.07, 6.45) is 5.86. The zero-order valence-corrected chi connectivity index (χ0v) is 14.2. The quantitative estimate of drug-likeness (QED) is 0.460. The Labute approximate surface area is 129 Å². The number of fused-ring (bicyclic) bond motifs is 1. The Hall–Kier alpha value is 0.220. The molecule has 2 unspecified atom stereocenters. The lowest BCUT2D eigenvalue weighted by Gasteiger charge is -2.45. The van der Waals surface area contributed by atoms with E-state index in [9.17, 15) is 33.8 Å². The van der Waals surface area contributed by atoms with Gasteiger partial charge in [0.15, 0.2) is 0 Å². The van der Waals surface area contributed by atoms with Crippen molar-refractivity contribution in [1.29, 1.82) is 0 Å². The first-order valence-electron chi connectivity index (χ1n) is 7.64. The fraction of sp³-hybridized carbons (Fsp3) is 1.00. The highest BCUT2D eigenvalue weighted by molar-refractivity contribution is 7.72. The highest BCUT2D eigenvalue weighted by Gasteiger charge is 2.59. The van der Waals surface area contributed by atoms with E-state index in [2.05, 4.69) is 0 Å². The second-order valence-electron chi connectivity index (χ2n) is 6.40. The van der Waals surface area contributed by atoms with Gasteiger partial charge in [-0.1, -0.05) is 12.8 Å². The summed E-state index contributed by atoms with van der Waals surface area (Å²) >= 11 is 0. The molecule has 2 fully saturated rings. The minimum absolute atomic E-state index is 0.0773. The molecule has 0 aromatic rings. The van der Waals surface area contributed by atoms with Crippen molar-refractivity contribution in [1.82, 2.24) is 4.90 Å². The maximum Gasteiger partial charge on any atom is 0.369 e. The maximum absolute atomic E-state index is 11.4. The topological polar surface area (TPSA) is 139 Å². The van der Waals surface area contributed by atoms with Gasteiger partial charge in [0.1, 0.15) is 0 Å². The first-order valence-corrected chi connectivity index (χ1v) is 10.9. The molecule has 0 radical (unpaired) electrons. The third kappa shape index (κ3) is 3.65. The van der Waals surface area contributed by atoms with E-state index < -0.39 is 26.7 Å². The number of likely N-dealkylation sites (tertiary alicyclic amines) is 1. The van der Waals surface area contributed by atoms with Crippen molar-refractivity contribution < 1.29 is 33.8 Å². The molecule has 10 heteroatoms. The van der Waals surface area contributed by atoms with Gasteiger partial charge in [-0.25, -0.2) is 0 Å². The molecular formula is C12H25NO7P2. The molecule has 0 spiro atoms. The van der Waals surface area contributed by atoms with Crippen LogP contribution in [0, 0.1) is 5.92 Å². The van der Waals surface area contributed by atoms with Crippen LogP contribution >= 0.6 is 15.2 Å². The van der Waals surface area contributed by atoms with Crippen LogP contribution in [0.3, 0.4) is 0 Å². The van der Waals surface area contributed by atoms with Crippen LogP contribution in [-0.2, 0) is 9.13 Å². The molecule has 0 aromatic heterocycles. The average Bonchev–Trinajstić information content (AvgIpc) is 2.42. The van der Waals surface area contributed by atoms with Crippen LogP contribution in [0.5, 0.6) is 0 Å². The molecule has 0 bridgehead atoms. The Balaban J connectivity index is 2.09. The van der Waals surface area contributed by atoms with E-state index in [0.717, 1.165) is 38.6 Å². The van der Waals surface area contributed by atoms with E-state index in [4.69, 9.17) is 0 Å². The molecule has 130 valence electrons. The Kier molecular flexibility index (Phi) is 5.58. The van der Waals surface area contributed by atoms with E-state index in [-0.39, 0.29) is 6.54 Å². The van der Waals surface area contributed by atoms with Gasteiger partial charge in [-0.05, 0) is 38.1 Å². The second kappa shape index (κ2) is 6.61. The van der Waals surface area contributed by atoms with Crippen molar-refractivity contribution in [2.45, 2.75) is 56.1 Å². The maximum atomic E-state index is 11.4. The van der Waals surface area contributed by atoms with Gasteiger partial charge < -0.3 is 24.7 Å². The number of hydrogen-bond acceptors (Lipinski definition) is 4. The molecule has 0 aromatic carbocycles. The van der Waals surface area contributed by atoms with Crippen LogP contribution in [0.25, 0.3) is 0 Å². The summed E-state index contributed by atoms with van der Waals surface area (Å²) in [6.45, 7) is 0.813. The van der Waals surface area contributed by atoms with Gasteiger partial charge in [-0.2, -0.15) is 0 Å². The second-order valence-corrected chi connectivity index (χ2v) is 10.4. The zero-order valence-electron chi connectivity index (χ0n) is 12.4. The molecule has 1 saturated heterocycles. The molecule has 1 aliphatic carbocycles. The molecule has 1 heterocycles. The fourth-order valence-corrected chi connectivity index (χ4v) is 5.90. The van der Waals surface area contributed by atoms with Gasteiger partial charge in [0, 0.05) is 19.0 Å². The molecule has 5 N–H and O–H groups in total. The Morgan fingerprint density at radius 1 is 0.955 bits per heavy atom. The van der Waals surface area contributed by atoms with E-state index in [1.54, 1.807) is 0 Å². The Bertz CT molecular complexity index is 464. The lowest BCUT2D eigenvalue weighted by molar-refractivity contribution is 0.0416. The summed E-state index contributed by atoms with van der Waals surface area (Å²) in [5, 5.41) is 6.67. The van der Waals surface area contributed by atoms with Crippen molar-refractivity contribution in [3.8, 4) is 0 Å². The lowest BCUT2D eigenvalue weighted by Crippen LogP contribution is -2.48. The smallest absolute Gasteiger partial charge is 0.367 e. The standard InChI is InChI=1S/C12H25NO7P2/c14-12(21(15,16)17,22(18,19)20)7-9-13-8-3-5-10-4-1-2-6-11(10)13/h10-11,14H,1-9H2,(H2,15,16,17)(H2,18,19,20). The van der Waals surface area contributed by atoms with Gasteiger partial charge in [0.05, 0.1) is 0 Å². The lowest BCUT2D eigenvalue weighted by atomic mass is 9.78. The van der Waals surface area contributed by atoms with Crippen LogP contribution in [0.2, 0.25) is 0 Å². The van der Waals surface area contributed by atoms with Crippen LogP contribution < -0.4 is 0 Å². The highest BCUT2D eigenvalue weighted by atomic mass is 31.2. The SMILES string of the molecule is O=P(O)(O)C(O)(CCN1CCCC2CCCCC21)P(=O)(O)O. The molecule has 22 heavy (non-hydrogen) atoms. The van der Waals surface area contributed by atoms with Crippen molar-refractivity contribution in [2.75, 3.05) is 13.1 Å². The predicted octanol–water partition coefficient (Wildman–Crippen LogP) is 1.03. The van der Waals surface area contributed by atoms with E-state index >= 15 is 0 Å². The predicted molar refractivity (Wildman–Crippen MR) is 80.2 cm³/mol. The van der Waals surface area contributed by atoms with Crippen LogP contribution in [0.15, 0.2) is 0 Å². The number of aliphatic hydroxyl groups is 1. The Morgan fingerprint density at radius 3 is 2.09 bits per heavy atom. The third-order valence-corrected chi connectivity index (χ3v) is 8.90. The van der Waals surface area contributed by atoms with Crippen LogP contribution in [-0.4, -0.2) is 53.8 Å². The van der Waals surface area contributed by atoms with E-state index in [1.165, 1.54) is 6.42 Å². The first-order chi connectivity index (χ1) is 10.1. The number of rotatable bonds is 5. The minimum atomic E-state index is -5.35. The van der Waals surface area contributed by atoms with Crippen molar-refractivity contribution >= 4 is 15.2 Å².